The van der Waals surface area contributed by atoms with Gasteiger partial charge in [-0.05, 0) is 6.92 Å². The molecule has 1 aliphatic heterocycles. The monoisotopic (exact) mass is 514 g/mol. The van der Waals surface area contributed by atoms with Crippen LogP contribution in [0, 0.1) is 0 Å². The van der Waals surface area contributed by atoms with Crippen molar-refractivity contribution in [1.82, 2.24) is 0 Å². The molecule has 1 fully saturated rings. The van der Waals surface area contributed by atoms with Crippen molar-refractivity contribution >= 4 is 28.9 Å². The van der Waals surface area contributed by atoms with E-state index in [2.05, 4.69) is 14.0 Å². The Balaban J connectivity index is 0.000000561. The van der Waals surface area contributed by atoms with Crippen molar-refractivity contribution in [3.8, 4) is 0 Å². The average Bonchev–Trinajstić information content (AvgIpc) is 2.89. The third kappa shape index (κ3) is 7.28. The van der Waals surface area contributed by atoms with Crippen molar-refractivity contribution in [3.63, 3.8) is 0 Å². The van der Waals surface area contributed by atoms with Crippen LogP contribution in [-0.2, 0) is 33.3 Å². The molecule has 0 saturated carbocycles. The first-order valence-corrected chi connectivity index (χ1v) is 12.9. The van der Waals surface area contributed by atoms with E-state index in [1.54, 1.807) is 21.3 Å². The summed E-state index contributed by atoms with van der Waals surface area (Å²) >= 11 is 0. The van der Waals surface area contributed by atoms with Gasteiger partial charge in [0.25, 0.3) is 0 Å². The normalized spacial score (nSPS) is 23.8. The quantitative estimate of drug-likeness (QED) is 0.291. The molecule has 0 aromatic rings. The SMILES string of the molecule is CO[Si](C[N+]1(C)CCCC1C)(OC)OC.O=S(=O)([N-]S(=O)(=O)C(F)(F)F)C(F)(F)F. The van der Waals surface area contributed by atoms with Crippen molar-refractivity contribution in [2.45, 2.75) is 36.8 Å². The van der Waals surface area contributed by atoms with Crippen LogP contribution in [0.5, 0.6) is 0 Å². The summed E-state index contributed by atoms with van der Waals surface area (Å²) in [5, 5.41) is 0. The first-order valence-electron chi connectivity index (χ1n) is 8.09. The number of hydrogen-bond donors (Lipinski definition) is 0. The molecule has 1 rings (SSSR count). The van der Waals surface area contributed by atoms with E-state index in [1.165, 1.54) is 19.4 Å². The van der Waals surface area contributed by atoms with Gasteiger partial charge in [0.2, 0.25) is 0 Å². The fraction of sp³-hybridized carbons (Fsp3) is 1.00. The molecule has 2 unspecified atom stereocenters. The zero-order valence-corrected chi connectivity index (χ0v) is 19.4. The third-order valence-electron chi connectivity index (χ3n) is 4.62. The number of quaternary nitrogens is 1. The van der Waals surface area contributed by atoms with Crippen molar-refractivity contribution < 1.29 is 60.9 Å². The first kappa shape index (κ1) is 29.5. The Bertz CT molecular complexity index is 721. The van der Waals surface area contributed by atoms with Gasteiger partial charge in [-0.3, -0.25) is 0 Å². The summed E-state index contributed by atoms with van der Waals surface area (Å²) in [6.45, 7) is 3.50. The highest BCUT2D eigenvalue weighted by molar-refractivity contribution is 8.13. The molecule has 0 bridgehead atoms. The van der Waals surface area contributed by atoms with Crippen molar-refractivity contribution in [3.05, 3.63) is 4.13 Å². The standard InChI is InChI=1S/C10H24NO3Si.C2F6NO4S2/c1-10-7-6-8-11(10,2)9-15(12-3,13-4)14-5;3-1(4,5)14(10,11)9-15(12,13)2(6,7)8/h10H,6-9H2,1-5H3;/q+1;-1. The zero-order valence-electron chi connectivity index (χ0n) is 16.7. The lowest BCUT2D eigenvalue weighted by Gasteiger charge is -2.38. The Morgan fingerprint density at radius 3 is 1.53 bits per heavy atom. The summed E-state index contributed by atoms with van der Waals surface area (Å²) < 4.78 is 127. The molecule has 0 aliphatic carbocycles. The Kier molecular flexibility index (Phi) is 9.80. The maximum Gasteiger partial charge on any atom is 0.558 e. The van der Waals surface area contributed by atoms with E-state index in [0.717, 1.165) is 14.8 Å². The summed E-state index contributed by atoms with van der Waals surface area (Å²) in [4.78, 5) is 0. The van der Waals surface area contributed by atoms with Crippen molar-refractivity contribution in [1.29, 1.82) is 0 Å². The third-order valence-corrected chi connectivity index (χ3v) is 10.3. The molecule has 0 aromatic carbocycles. The number of sulfonamides is 2. The Morgan fingerprint density at radius 2 is 1.30 bits per heavy atom. The number of likely N-dealkylation sites (tertiary alicyclic amines) is 1. The van der Waals surface area contributed by atoms with Gasteiger partial charge in [0, 0.05) is 34.2 Å². The molecular formula is C12H24F6N2O7S2Si. The molecule has 0 spiro atoms. The van der Waals surface area contributed by atoms with E-state index in [-0.39, 0.29) is 0 Å². The first-order chi connectivity index (χ1) is 13.2. The van der Waals surface area contributed by atoms with Crippen LogP contribution in [0.4, 0.5) is 26.3 Å². The van der Waals surface area contributed by atoms with Crippen LogP contribution in [0.3, 0.4) is 0 Å². The number of halogens is 6. The van der Waals surface area contributed by atoms with Crippen LogP contribution < -0.4 is 0 Å². The predicted molar refractivity (Wildman–Crippen MR) is 94.7 cm³/mol. The number of hydrogen-bond acceptors (Lipinski definition) is 7. The van der Waals surface area contributed by atoms with E-state index in [4.69, 9.17) is 13.3 Å². The summed E-state index contributed by atoms with van der Waals surface area (Å²) in [5.41, 5.74) is -12.4. The predicted octanol–water partition coefficient (Wildman–Crippen LogP) is 2.09. The number of rotatable bonds is 7. The maximum atomic E-state index is 11.4. The van der Waals surface area contributed by atoms with Gasteiger partial charge < -0.3 is 21.9 Å². The van der Waals surface area contributed by atoms with E-state index in [0.29, 0.717) is 6.04 Å². The Morgan fingerprint density at radius 1 is 0.933 bits per heavy atom. The van der Waals surface area contributed by atoms with E-state index in [9.17, 15) is 43.2 Å². The number of alkyl halides is 6. The minimum atomic E-state index is -6.72. The van der Waals surface area contributed by atoms with Gasteiger partial charge in [-0.2, -0.15) is 26.3 Å². The highest BCUT2D eigenvalue weighted by Crippen LogP contribution is 2.36. The zero-order chi connectivity index (χ0) is 24.2. The summed E-state index contributed by atoms with van der Waals surface area (Å²) in [7, 11) is -8.53. The largest absolute Gasteiger partial charge is 0.558 e. The van der Waals surface area contributed by atoms with Crippen LogP contribution in [0.25, 0.3) is 4.13 Å². The van der Waals surface area contributed by atoms with Crippen LogP contribution >= 0.6 is 0 Å². The van der Waals surface area contributed by atoms with E-state index in [1.807, 2.05) is 0 Å². The van der Waals surface area contributed by atoms with Gasteiger partial charge in [-0.1, -0.05) is 0 Å². The summed E-state index contributed by atoms with van der Waals surface area (Å²) in [6.07, 6.45) is 3.45. The molecule has 182 valence electrons. The lowest BCUT2D eigenvalue weighted by Crippen LogP contribution is -2.61. The fourth-order valence-corrected chi connectivity index (χ4v) is 6.57. The molecule has 9 nitrogen and oxygen atoms in total. The minimum absolute atomic E-state index is 0.678. The molecule has 18 heteroatoms. The molecule has 30 heavy (non-hydrogen) atoms. The highest BCUT2D eigenvalue weighted by atomic mass is 32.3. The second-order valence-electron chi connectivity index (χ2n) is 6.56. The molecule has 1 aliphatic rings. The molecule has 0 N–H and O–H groups in total. The molecule has 1 saturated heterocycles. The van der Waals surface area contributed by atoms with E-state index < -0.39 is 39.9 Å². The van der Waals surface area contributed by atoms with Crippen LogP contribution in [-0.4, -0.2) is 88.3 Å². The highest BCUT2D eigenvalue weighted by Gasteiger charge is 2.50. The molecule has 0 aromatic heterocycles. The molecule has 0 amide bonds. The minimum Gasteiger partial charge on any atom is -0.421 e. The van der Waals surface area contributed by atoms with Crippen LogP contribution in [0.2, 0.25) is 0 Å². The van der Waals surface area contributed by atoms with Crippen molar-refractivity contribution in [2.75, 3.05) is 41.1 Å². The lowest BCUT2D eigenvalue weighted by molar-refractivity contribution is -0.911. The fourth-order valence-electron chi connectivity index (χ4n) is 2.61. The summed E-state index contributed by atoms with van der Waals surface area (Å²) in [6, 6.07) is 0.678. The van der Waals surface area contributed by atoms with Gasteiger partial charge in [0.1, 0.15) is 6.17 Å². The Labute approximate surface area is 172 Å². The molecular weight excluding hydrogens is 490 g/mol. The van der Waals surface area contributed by atoms with Crippen molar-refractivity contribution in [2.24, 2.45) is 0 Å². The molecule has 0 radical (unpaired) electrons. The second kappa shape index (κ2) is 9.97. The van der Waals surface area contributed by atoms with Gasteiger partial charge >= 0.3 is 19.8 Å². The Hall–Kier alpha value is -0.503. The van der Waals surface area contributed by atoms with Gasteiger partial charge in [-0.25, -0.2) is 16.8 Å². The van der Waals surface area contributed by atoms with Gasteiger partial charge in [0.15, 0.2) is 20.0 Å². The van der Waals surface area contributed by atoms with Crippen LogP contribution in [0.15, 0.2) is 0 Å². The maximum absolute atomic E-state index is 11.4. The lowest BCUT2D eigenvalue weighted by atomic mass is 10.2. The molecule has 2 atom stereocenters. The van der Waals surface area contributed by atoms with E-state index >= 15 is 0 Å². The summed E-state index contributed by atoms with van der Waals surface area (Å²) in [5.74, 6) is 0. The average molecular weight is 515 g/mol. The van der Waals surface area contributed by atoms with Gasteiger partial charge in [0.05, 0.1) is 19.6 Å². The van der Waals surface area contributed by atoms with Crippen LogP contribution in [0.1, 0.15) is 19.8 Å². The molecule has 1 heterocycles. The smallest absolute Gasteiger partial charge is 0.421 e. The number of nitrogens with zero attached hydrogens (tertiary/aromatic N) is 2. The van der Waals surface area contributed by atoms with Gasteiger partial charge in [-0.15, -0.1) is 0 Å². The second-order valence-corrected chi connectivity index (χ2v) is 12.9. The topological polar surface area (TPSA) is 110 Å².